The lowest BCUT2D eigenvalue weighted by Gasteiger charge is -2.39. The van der Waals surface area contributed by atoms with Crippen LogP contribution in [0.15, 0.2) is 60.3 Å². The van der Waals surface area contributed by atoms with Crippen molar-refractivity contribution >= 4 is 23.1 Å². The maximum Gasteiger partial charge on any atom is 0.165 e. The number of Topliss-reactive ketones (excluding diaryl/α,β-unsaturated/α-hetero) is 1. The van der Waals surface area contributed by atoms with Crippen LogP contribution in [-0.4, -0.2) is 12.9 Å². The molecule has 3 rings (SSSR count). The van der Waals surface area contributed by atoms with Crippen LogP contribution in [-0.2, 0) is 4.79 Å². The Kier molecular flexibility index (Phi) is 4.63. The molecule has 0 saturated heterocycles. The maximum absolute atomic E-state index is 12.5. The van der Waals surface area contributed by atoms with Gasteiger partial charge in [-0.25, -0.2) is 0 Å². The van der Waals surface area contributed by atoms with E-state index in [2.05, 4.69) is 4.90 Å². The number of anilines is 1. The monoisotopic (exact) mass is 341 g/mol. The zero-order valence-corrected chi connectivity index (χ0v) is 14.7. The topological polar surface area (TPSA) is 29.5 Å². The van der Waals surface area contributed by atoms with E-state index >= 15 is 0 Å². The van der Waals surface area contributed by atoms with Gasteiger partial charge in [0.05, 0.1) is 13.2 Å². The summed E-state index contributed by atoms with van der Waals surface area (Å²) in [5.74, 6) is 0.849. The van der Waals surface area contributed by atoms with Gasteiger partial charge in [0.2, 0.25) is 0 Å². The van der Waals surface area contributed by atoms with Gasteiger partial charge in [0.15, 0.2) is 5.78 Å². The minimum atomic E-state index is -0.140. The van der Waals surface area contributed by atoms with Gasteiger partial charge in [0.25, 0.3) is 0 Å². The molecule has 0 aromatic heterocycles. The zero-order valence-electron chi connectivity index (χ0n) is 14.0. The number of nitrogens with zero attached hydrogens (tertiary/aromatic N) is 1. The Morgan fingerprint density at radius 3 is 2.25 bits per heavy atom. The number of carbonyl (C=O) groups excluding carboxylic acids is 1. The number of methoxy groups -OCH3 is 1. The summed E-state index contributed by atoms with van der Waals surface area (Å²) in [4.78, 5) is 14.7. The summed E-state index contributed by atoms with van der Waals surface area (Å²) in [6.07, 6.45) is 1.93. The average Bonchev–Trinajstić information content (AvgIpc) is 2.60. The number of benzene rings is 2. The first-order valence-corrected chi connectivity index (χ1v) is 8.29. The van der Waals surface area contributed by atoms with Crippen LogP contribution in [0.5, 0.6) is 5.75 Å². The molecular formula is C20H20ClNO2. The first-order valence-electron chi connectivity index (χ1n) is 7.91. The standard InChI is InChI=1S/C20H20ClNO2/c1-13-12-22(17-8-10-18(24-3)11-9-17)19(14(2)20(13)23)15-4-6-16(21)7-5-15/h4-12,14,19H,1-3H3/t14-,19-/m0/s1. The van der Waals surface area contributed by atoms with Gasteiger partial charge in [0.1, 0.15) is 5.75 Å². The van der Waals surface area contributed by atoms with Crippen molar-refractivity contribution in [1.82, 2.24) is 0 Å². The molecule has 24 heavy (non-hydrogen) atoms. The third-order valence-corrected chi connectivity index (χ3v) is 4.74. The van der Waals surface area contributed by atoms with Crippen molar-refractivity contribution < 1.29 is 9.53 Å². The van der Waals surface area contributed by atoms with Gasteiger partial charge >= 0.3 is 0 Å². The molecule has 2 atom stereocenters. The summed E-state index contributed by atoms with van der Waals surface area (Å²) in [6.45, 7) is 3.85. The van der Waals surface area contributed by atoms with E-state index in [9.17, 15) is 4.79 Å². The molecule has 4 heteroatoms. The number of hydrogen-bond donors (Lipinski definition) is 0. The second-order valence-electron chi connectivity index (χ2n) is 6.07. The Labute approximate surface area is 147 Å². The molecule has 0 bridgehead atoms. The maximum atomic E-state index is 12.5. The van der Waals surface area contributed by atoms with Crippen LogP contribution in [0.3, 0.4) is 0 Å². The molecule has 0 N–H and O–H groups in total. The number of allylic oxidation sites excluding steroid dienone is 1. The summed E-state index contributed by atoms with van der Waals surface area (Å²) < 4.78 is 5.24. The van der Waals surface area contributed by atoms with Gasteiger partial charge in [0, 0.05) is 28.4 Å². The van der Waals surface area contributed by atoms with Gasteiger partial charge in [-0.15, -0.1) is 0 Å². The Bertz CT molecular complexity index is 765. The Morgan fingerprint density at radius 1 is 1.04 bits per heavy atom. The van der Waals surface area contributed by atoms with Gasteiger partial charge < -0.3 is 9.64 Å². The van der Waals surface area contributed by atoms with Crippen LogP contribution < -0.4 is 9.64 Å². The molecule has 0 fully saturated rings. The highest BCUT2D eigenvalue weighted by molar-refractivity contribution is 6.30. The number of halogens is 1. The molecular weight excluding hydrogens is 322 g/mol. The molecule has 3 nitrogen and oxygen atoms in total. The fourth-order valence-electron chi connectivity index (χ4n) is 3.19. The highest BCUT2D eigenvalue weighted by Gasteiger charge is 2.35. The van der Waals surface area contributed by atoms with Gasteiger partial charge in [-0.2, -0.15) is 0 Å². The molecule has 2 aromatic carbocycles. The molecule has 0 radical (unpaired) electrons. The van der Waals surface area contributed by atoms with Crippen molar-refractivity contribution in [2.75, 3.05) is 12.0 Å². The predicted octanol–water partition coefficient (Wildman–Crippen LogP) is 5.02. The fourth-order valence-corrected chi connectivity index (χ4v) is 3.32. The van der Waals surface area contributed by atoms with Crippen molar-refractivity contribution in [3.8, 4) is 5.75 Å². The molecule has 1 aliphatic rings. The summed E-state index contributed by atoms with van der Waals surface area (Å²) >= 11 is 6.02. The van der Waals surface area contributed by atoms with E-state index in [1.807, 2.05) is 68.6 Å². The van der Waals surface area contributed by atoms with E-state index in [4.69, 9.17) is 16.3 Å². The van der Waals surface area contributed by atoms with Gasteiger partial charge in [-0.05, 0) is 48.9 Å². The van der Waals surface area contributed by atoms with E-state index in [1.165, 1.54) is 0 Å². The van der Waals surface area contributed by atoms with Crippen molar-refractivity contribution in [1.29, 1.82) is 0 Å². The van der Waals surface area contributed by atoms with Crippen LogP contribution in [0.2, 0.25) is 5.02 Å². The van der Waals surface area contributed by atoms with E-state index in [1.54, 1.807) is 7.11 Å². The smallest absolute Gasteiger partial charge is 0.165 e. The lowest BCUT2D eigenvalue weighted by atomic mass is 9.84. The second-order valence-corrected chi connectivity index (χ2v) is 6.50. The van der Waals surface area contributed by atoms with E-state index < -0.39 is 0 Å². The molecule has 124 valence electrons. The Hall–Kier alpha value is -2.26. The Balaban J connectivity index is 2.07. The minimum absolute atomic E-state index is 0.0631. The molecule has 0 saturated carbocycles. The highest BCUT2D eigenvalue weighted by atomic mass is 35.5. The van der Waals surface area contributed by atoms with Crippen LogP contribution >= 0.6 is 11.6 Å². The van der Waals surface area contributed by atoms with Crippen molar-refractivity contribution in [3.63, 3.8) is 0 Å². The average molecular weight is 342 g/mol. The van der Waals surface area contributed by atoms with Crippen LogP contribution in [0, 0.1) is 5.92 Å². The molecule has 1 heterocycles. The second kappa shape index (κ2) is 6.70. The highest BCUT2D eigenvalue weighted by Crippen LogP contribution is 2.39. The third-order valence-electron chi connectivity index (χ3n) is 4.49. The number of ketones is 1. The summed E-state index contributed by atoms with van der Waals surface area (Å²) in [5.41, 5.74) is 2.86. The van der Waals surface area contributed by atoms with Crippen molar-refractivity contribution in [2.45, 2.75) is 19.9 Å². The predicted molar refractivity (Wildman–Crippen MR) is 97.6 cm³/mol. The van der Waals surface area contributed by atoms with Crippen LogP contribution in [0.1, 0.15) is 25.5 Å². The van der Waals surface area contributed by atoms with Gasteiger partial charge in [-0.3, -0.25) is 4.79 Å². The number of rotatable bonds is 3. The zero-order chi connectivity index (χ0) is 17.3. The molecule has 1 aliphatic heterocycles. The normalized spacial score (nSPS) is 20.8. The quantitative estimate of drug-likeness (QED) is 0.785. The molecule has 0 aliphatic carbocycles. The van der Waals surface area contributed by atoms with Crippen LogP contribution in [0.4, 0.5) is 5.69 Å². The summed E-state index contributed by atoms with van der Waals surface area (Å²) in [7, 11) is 1.65. The van der Waals surface area contributed by atoms with E-state index in [0.29, 0.717) is 5.02 Å². The lowest BCUT2D eigenvalue weighted by Crippen LogP contribution is -2.37. The van der Waals surface area contributed by atoms with E-state index in [-0.39, 0.29) is 17.7 Å². The lowest BCUT2D eigenvalue weighted by molar-refractivity contribution is -0.119. The minimum Gasteiger partial charge on any atom is -0.497 e. The Morgan fingerprint density at radius 2 is 1.67 bits per heavy atom. The number of hydrogen-bond acceptors (Lipinski definition) is 3. The molecule has 0 unspecified atom stereocenters. The molecule has 0 amide bonds. The largest absolute Gasteiger partial charge is 0.497 e. The van der Waals surface area contributed by atoms with Crippen LogP contribution in [0.25, 0.3) is 0 Å². The van der Waals surface area contributed by atoms with E-state index in [0.717, 1.165) is 22.6 Å². The summed E-state index contributed by atoms with van der Waals surface area (Å²) in [5, 5.41) is 0.691. The van der Waals surface area contributed by atoms with Crippen molar-refractivity contribution in [3.05, 3.63) is 70.9 Å². The first-order chi connectivity index (χ1) is 11.5. The SMILES string of the molecule is COc1ccc(N2C=C(C)C(=O)[C@@H](C)[C@H]2c2ccc(Cl)cc2)cc1. The summed E-state index contributed by atoms with van der Waals surface area (Å²) in [6, 6.07) is 15.5. The first kappa shape index (κ1) is 16.6. The fraction of sp³-hybridized carbons (Fsp3) is 0.250. The van der Waals surface area contributed by atoms with Crippen molar-refractivity contribution in [2.24, 2.45) is 5.92 Å². The molecule has 2 aromatic rings. The molecule has 0 spiro atoms. The number of ether oxygens (including phenoxy) is 1. The van der Waals surface area contributed by atoms with Gasteiger partial charge in [-0.1, -0.05) is 30.7 Å². The number of carbonyl (C=O) groups is 1. The third kappa shape index (κ3) is 3.04.